The van der Waals surface area contributed by atoms with E-state index < -0.39 is 15.2 Å². The second kappa shape index (κ2) is 9.08. The summed E-state index contributed by atoms with van der Waals surface area (Å²) in [7, 11) is 18.2. The Labute approximate surface area is 72.6 Å². The maximum absolute atomic E-state index is 9.43. The van der Waals surface area contributed by atoms with Gasteiger partial charge < -0.3 is 4.90 Å². The molecule has 0 heterocycles. The van der Waals surface area contributed by atoms with Crippen molar-refractivity contribution >= 4 is 34.0 Å². The van der Waals surface area contributed by atoms with E-state index in [9.17, 15) is 4.79 Å². The Bertz CT molecular complexity index is 67.3. The molecule has 0 aliphatic heterocycles. The van der Waals surface area contributed by atoms with Crippen LogP contribution in [0.3, 0.4) is 0 Å². The van der Waals surface area contributed by atoms with Crippen molar-refractivity contribution in [2.75, 3.05) is 14.1 Å². The minimum absolute atomic E-state index is 0.750. The van der Waals surface area contributed by atoms with E-state index in [0.717, 1.165) is 6.41 Å². The van der Waals surface area contributed by atoms with E-state index in [1.807, 2.05) is 0 Å². The molecule has 0 aromatic heterocycles. The molecule has 0 spiro atoms. The molecule has 0 radical (unpaired) electrons. The van der Waals surface area contributed by atoms with Crippen LogP contribution in [0, 0.1) is 0 Å². The van der Waals surface area contributed by atoms with Gasteiger partial charge in [-0.2, -0.15) is 0 Å². The Kier molecular flexibility index (Phi) is 12.8. The molecule has 2 nitrogen and oxygen atoms in total. The molecule has 0 atom stereocenters. The van der Waals surface area contributed by atoms with Crippen molar-refractivity contribution in [3.05, 3.63) is 0 Å². The van der Waals surface area contributed by atoms with E-state index in [1.54, 1.807) is 14.1 Å². The first-order valence-electron chi connectivity index (χ1n) is 1.73. The van der Waals surface area contributed by atoms with Crippen LogP contribution < -0.4 is 0 Å². The predicted octanol–water partition coefficient (Wildman–Crippen LogP) is 1.77. The van der Waals surface area contributed by atoms with Gasteiger partial charge in [-0.15, -0.1) is 0 Å². The van der Waals surface area contributed by atoms with Crippen molar-refractivity contribution in [2.24, 2.45) is 0 Å². The van der Waals surface area contributed by atoms with Gasteiger partial charge in [-0.3, -0.25) is 4.79 Å². The standard InChI is InChI=1S/C3H7NO.Au.3ClH/c1-4(2)3-5;;;;/h3H,1-2H3;;3*1H/q;+3;;;/p-3. The first-order chi connectivity index (χ1) is 4.00. The molecule has 1 amide bonds. The molecule has 0 saturated carbocycles. The number of rotatable bonds is 1. The Hall–Kier alpha value is 1.08. The van der Waals surface area contributed by atoms with Crippen LogP contribution in [0.2, 0.25) is 0 Å². The van der Waals surface area contributed by atoms with Crippen molar-refractivity contribution in [3.8, 4) is 0 Å². The summed E-state index contributed by atoms with van der Waals surface area (Å²) >= 11 is -1.79. The van der Waals surface area contributed by atoms with E-state index in [4.69, 9.17) is 27.6 Å². The normalized spacial score (nSPS) is 8.78. The summed E-state index contributed by atoms with van der Waals surface area (Å²) in [6.45, 7) is 0. The first kappa shape index (κ1) is 12.7. The molecule has 0 aliphatic rings. The topological polar surface area (TPSA) is 20.3 Å². The second-order valence-electron chi connectivity index (χ2n) is 1.20. The molecule has 0 bridgehead atoms. The van der Waals surface area contributed by atoms with Crippen LogP contribution in [0.25, 0.3) is 0 Å². The minimum atomic E-state index is -1.79. The van der Waals surface area contributed by atoms with Crippen LogP contribution in [0.1, 0.15) is 0 Å². The summed E-state index contributed by atoms with van der Waals surface area (Å²) < 4.78 is 0. The Morgan fingerprint density at radius 2 is 1.44 bits per heavy atom. The van der Waals surface area contributed by atoms with Crippen LogP contribution in [0.15, 0.2) is 0 Å². The van der Waals surface area contributed by atoms with Gasteiger partial charge in [0.1, 0.15) is 0 Å². The third-order valence-corrected chi connectivity index (χ3v) is 0.211. The summed E-state index contributed by atoms with van der Waals surface area (Å²) in [6.07, 6.45) is 0.750. The maximum atomic E-state index is 9.43. The van der Waals surface area contributed by atoms with E-state index in [1.165, 1.54) is 4.90 Å². The molecule has 9 heavy (non-hydrogen) atoms. The average Bonchev–Trinajstić information content (AvgIpc) is 1.65. The van der Waals surface area contributed by atoms with Gasteiger partial charge in [0, 0.05) is 14.1 Å². The molecule has 0 fully saturated rings. The van der Waals surface area contributed by atoms with Gasteiger partial charge >= 0.3 is 42.8 Å². The Balaban J connectivity index is 0. The molecule has 0 aliphatic carbocycles. The van der Waals surface area contributed by atoms with E-state index in [0.29, 0.717) is 0 Å². The van der Waals surface area contributed by atoms with Crippen LogP contribution in [0.4, 0.5) is 0 Å². The quantitative estimate of drug-likeness (QED) is 0.505. The first-order valence-corrected chi connectivity index (χ1v) is 9.78. The molecule has 0 unspecified atom stereocenters. The third-order valence-electron chi connectivity index (χ3n) is 0.211. The zero-order valence-electron chi connectivity index (χ0n) is 4.87. The van der Waals surface area contributed by atoms with Crippen LogP contribution in [-0.2, 0) is 20.0 Å². The average molecular weight is 376 g/mol. The number of amides is 1. The van der Waals surface area contributed by atoms with Gasteiger partial charge in [-0.1, -0.05) is 0 Å². The summed E-state index contributed by atoms with van der Waals surface area (Å²) in [5, 5.41) is 0. The molecule has 0 saturated heterocycles. The molecule has 0 N–H and O–H groups in total. The van der Waals surface area contributed by atoms with E-state index >= 15 is 0 Å². The zero-order valence-corrected chi connectivity index (χ0v) is 9.30. The fourth-order valence-corrected chi connectivity index (χ4v) is 0. The van der Waals surface area contributed by atoms with Crippen LogP contribution in [-0.4, -0.2) is 25.4 Å². The summed E-state index contributed by atoms with van der Waals surface area (Å²) in [4.78, 5) is 10.9. The number of nitrogens with zero attached hydrogens (tertiary/aromatic N) is 1. The molecule has 0 rings (SSSR count). The molecule has 6 heteroatoms. The number of halogens is 3. The van der Waals surface area contributed by atoms with Crippen molar-refractivity contribution in [1.29, 1.82) is 0 Å². The summed E-state index contributed by atoms with van der Waals surface area (Å²) in [6, 6.07) is 0. The molecule has 0 aromatic carbocycles. The van der Waals surface area contributed by atoms with Gasteiger partial charge in [-0.25, -0.2) is 0 Å². The Morgan fingerprint density at radius 1 is 1.33 bits per heavy atom. The van der Waals surface area contributed by atoms with Crippen molar-refractivity contribution < 1.29 is 20.0 Å². The van der Waals surface area contributed by atoms with E-state index in [-0.39, 0.29) is 0 Å². The fourth-order valence-electron chi connectivity index (χ4n) is 0. The Morgan fingerprint density at radius 3 is 1.44 bits per heavy atom. The molecular formula is C3H7AuCl3NO. The van der Waals surface area contributed by atoms with Crippen LogP contribution in [0.5, 0.6) is 0 Å². The zero-order chi connectivity index (χ0) is 7.86. The number of carbonyl (C=O) groups excluding carboxylic acids is 1. The molecule has 62 valence electrons. The van der Waals surface area contributed by atoms with Gasteiger partial charge in [0.05, 0.1) is 0 Å². The number of hydrogen-bond donors (Lipinski definition) is 0. The number of hydrogen-bond acceptors (Lipinski definition) is 1. The van der Waals surface area contributed by atoms with Gasteiger partial charge in [0.2, 0.25) is 6.41 Å². The van der Waals surface area contributed by atoms with E-state index in [2.05, 4.69) is 0 Å². The monoisotopic (exact) mass is 375 g/mol. The third kappa shape index (κ3) is 48.0. The SMILES string of the molecule is CN(C)C=O.[Cl][Au]([Cl])[Cl]. The van der Waals surface area contributed by atoms with Gasteiger partial charge in [0.15, 0.2) is 0 Å². The van der Waals surface area contributed by atoms with Crippen molar-refractivity contribution in [3.63, 3.8) is 0 Å². The van der Waals surface area contributed by atoms with Crippen molar-refractivity contribution in [2.45, 2.75) is 0 Å². The van der Waals surface area contributed by atoms with Gasteiger partial charge in [-0.05, 0) is 0 Å². The second-order valence-corrected chi connectivity index (χ2v) is 10.6. The molecular weight excluding hydrogens is 369 g/mol. The summed E-state index contributed by atoms with van der Waals surface area (Å²) in [5.41, 5.74) is 0. The predicted molar refractivity (Wildman–Crippen MR) is 37.3 cm³/mol. The number of carbonyl (C=O) groups is 1. The summed E-state index contributed by atoms with van der Waals surface area (Å²) in [5.74, 6) is 0. The van der Waals surface area contributed by atoms with Gasteiger partial charge in [0.25, 0.3) is 0 Å². The molecule has 0 aromatic rings. The van der Waals surface area contributed by atoms with Crippen molar-refractivity contribution in [1.82, 2.24) is 4.90 Å². The van der Waals surface area contributed by atoms with Crippen LogP contribution >= 0.6 is 27.6 Å². The fraction of sp³-hybridized carbons (Fsp3) is 0.667.